The Morgan fingerprint density at radius 2 is 1.90 bits per heavy atom. The Morgan fingerprint density at radius 3 is 2.65 bits per heavy atom. The number of benzene rings is 1. The van der Waals surface area contributed by atoms with Gasteiger partial charge in [0.1, 0.15) is 11.5 Å². The van der Waals surface area contributed by atoms with Crippen LogP contribution in [0.5, 0.6) is 0 Å². The monoisotopic (exact) mass is 297 g/mol. The standard InChI is InChI=1S/C15H17F2NOS/c1-10-3-4-11(2)14(7-10)18-8-12-5-6-13(19-12)9-20-15(16)17/h3-7,15,18H,8-9H2,1-2H3. The molecule has 0 amide bonds. The van der Waals surface area contributed by atoms with Gasteiger partial charge < -0.3 is 9.73 Å². The number of thioether (sulfide) groups is 1. The molecule has 0 aliphatic heterocycles. The molecule has 5 heteroatoms. The highest BCUT2D eigenvalue weighted by atomic mass is 32.2. The van der Waals surface area contributed by atoms with Crippen LogP contribution >= 0.6 is 11.8 Å². The van der Waals surface area contributed by atoms with Crippen LogP contribution in [0, 0.1) is 13.8 Å². The molecule has 0 saturated carbocycles. The van der Waals surface area contributed by atoms with Crippen molar-refractivity contribution in [2.75, 3.05) is 5.32 Å². The number of halogens is 2. The molecule has 1 heterocycles. The molecule has 0 atom stereocenters. The van der Waals surface area contributed by atoms with E-state index in [1.54, 1.807) is 6.07 Å². The van der Waals surface area contributed by atoms with E-state index in [0.717, 1.165) is 17.0 Å². The van der Waals surface area contributed by atoms with Gasteiger partial charge in [-0.15, -0.1) is 0 Å². The first-order valence-corrected chi connectivity index (χ1v) is 7.38. The summed E-state index contributed by atoms with van der Waals surface area (Å²) in [6.07, 6.45) is 0. The number of aryl methyl sites for hydroxylation is 2. The zero-order valence-electron chi connectivity index (χ0n) is 11.5. The molecule has 2 nitrogen and oxygen atoms in total. The van der Waals surface area contributed by atoms with Crippen molar-refractivity contribution < 1.29 is 13.2 Å². The second-order valence-electron chi connectivity index (χ2n) is 4.61. The number of hydrogen-bond donors (Lipinski definition) is 1. The highest BCUT2D eigenvalue weighted by Crippen LogP contribution is 2.22. The molecule has 1 N–H and O–H groups in total. The lowest BCUT2D eigenvalue weighted by Crippen LogP contribution is -2.00. The summed E-state index contributed by atoms with van der Waals surface area (Å²) in [5, 5.41) is 3.30. The van der Waals surface area contributed by atoms with E-state index in [4.69, 9.17) is 4.42 Å². The van der Waals surface area contributed by atoms with Crippen molar-refractivity contribution in [3.8, 4) is 0 Å². The molecule has 0 unspecified atom stereocenters. The highest BCUT2D eigenvalue weighted by Gasteiger charge is 2.07. The summed E-state index contributed by atoms with van der Waals surface area (Å²) in [4.78, 5) is 0. The number of alkyl halides is 2. The van der Waals surface area contributed by atoms with Gasteiger partial charge >= 0.3 is 0 Å². The van der Waals surface area contributed by atoms with Gasteiger partial charge in [-0.2, -0.15) is 8.78 Å². The van der Waals surface area contributed by atoms with Gasteiger partial charge in [0.2, 0.25) is 0 Å². The molecule has 0 bridgehead atoms. The van der Waals surface area contributed by atoms with E-state index in [9.17, 15) is 8.78 Å². The smallest absolute Gasteiger partial charge is 0.284 e. The molecule has 1 aromatic heterocycles. The summed E-state index contributed by atoms with van der Waals surface area (Å²) in [6.45, 7) is 4.62. The van der Waals surface area contributed by atoms with Crippen LogP contribution in [0.25, 0.3) is 0 Å². The Labute approximate surface area is 121 Å². The van der Waals surface area contributed by atoms with Crippen LogP contribution in [-0.4, -0.2) is 5.76 Å². The zero-order valence-corrected chi connectivity index (χ0v) is 12.3. The minimum absolute atomic E-state index is 0.196. The first-order chi connectivity index (χ1) is 9.54. The third-order valence-corrected chi connectivity index (χ3v) is 3.62. The SMILES string of the molecule is Cc1ccc(C)c(NCc2ccc(CSC(F)F)o2)c1. The number of hydrogen-bond acceptors (Lipinski definition) is 3. The minimum Gasteiger partial charge on any atom is -0.463 e. The van der Waals surface area contributed by atoms with Crippen molar-refractivity contribution in [3.63, 3.8) is 0 Å². The Kier molecular flexibility index (Phi) is 5.06. The average Bonchev–Trinajstić information content (AvgIpc) is 2.85. The Balaban J connectivity index is 1.92. The van der Waals surface area contributed by atoms with E-state index in [1.807, 2.05) is 19.9 Å². The molecule has 108 valence electrons. The summed E-state index contributed by atoms with van der Waals surface area (Å²) in [6, 6.07) is 9.76. The van der Waals surface area contributed by atoms with Gasteiger partial charge in [0.25, 0.3) is 5.76 Å². The minimum atomic E-state index is -2.36. The molecule has 0 fully saturated rings. The molecule has 20 heavy (non-hydrogen) atoms. The van der Waals surface area contributed by atoms with Gasteiger partial charge in [0.15, 0.2) is 0 Å². The second kappa shape index (κ2) is 6.79. The third-order valence-electron chi connectivity index (χ3n) is 2.92. The fourth-order valence-corrected chi connectivity index (χ4v) is 2.29. The molecular formula is C15H17F2NOS. The fraction of sp³-hybridized carbons (Fsp3) is 0.333. The topological polar surface area (TPSA) is 25.2 Å². The summed E-state index contributed by atoms with van der Waals surface area (Å²) in [7, 11) is 0. The maximum absolute atomic E-state index is 12.1. The molecule has 2 aromatic rings. The van der Waals surface area contributed by atoms with Gasteiger partial charge in [-0.3, -0.25) is 0 Å². The fourth-order valence-electron chi connectivity index (χ4n) is 1.85. The Hall–Kier alpha value is -1.49. The van der Waals surface area contributed by atoms with Crippen molar-refractivity contribution >= 4 is 17.4 Å². The number of furan rings is 1. The van der Waals surface area contributed by atoms with Crippen LogP contribution in [0.2, 0.25) is 0 Å². The lowest BCUT2D eigenvalue weighted by molar-refractivity contribution is 0.251. The van der Waals surface area contributed by atoms with Crippen molar-refractivity contribution in [3.05, 3.63) is 53.0 Å². The zero-order chi connectivity index (χ0) is 14.5. The van der Waals surface area contributed by atoms with Crippen molar-refractivity contribution in [1.82, 2.24) is 0 Å². The number of nitrogens with one attached hydrogen (secondary N) is 1. The van der Waals surface area contributed by atoms with E-state index < -0.39 is 5.76 Å². The normalized spacial score (nSPS) is 11.1. The average molecular weight is 297 g/mol. The predicted molar refractivity (Wildman–Crippen MR) is 79.2 cm³/mol. The third kappa shape index (κ3) is 4.27. The quantitative estimate of drug-likeness (QED) is 0.815. The molecule has 0 saturated heterocycles. The van der Waals surface area contributed by atoms with Crippen LogP contribution < -0.4 is 5.32 Å². The first-order valence-electron chi connectivity index (χ1n) is 6.33. The van der Waals surface area contributed by atoms with Gasteiger partial charge in [-0.05, 0) is 43.2 Å². The maximum atomic E-state index is 12.1. The van der Waals surface area contributed by atoms with Crippen molar-refractivity contribution in [2.24, 2.45) is 0 Å². The van der Waals surface area contributed by atoms with Crippen LogP contribution in [0.1, 0.15) is 22.6 Å². The largest absolute Gasteiger partial charge is 0.463 e. The van der Waals surface area contributed by atoms with Crippen molar-refractivity contribution in [1.29, 1.82) is 0 Å². The van der Waals surface area contributed by atoms with E-state index in [-0.39, 0.29) is 5.75 Å². The highest BCUT2D eigenvalue weighted by molar-refractivity contribution is 7.98. The summed E-state index contributed by atoms with van der Waals surface area (Å²) in [5.74, 6) is -0.846. The molecule has 0 aliphatic carbocycles. The van der Waals surface area contributed by atoms with Crippen LogP contribution in [0.4, 0.5) is 14.5 Å². The molecule has 0 radical (unpaired) electrons. The molecular weight excluding hydrogens is 280 g/mol. The molecule has 2 rings (SSSR count). The maximum Gasteiger partial charge on any atom is 0.284 e. The van der Waals surface area contributed by atoms with E-state index >= 15 is 0 Å². The van der Waals surface area contributed by atoms with Gasteiger partial charge in [0, 0.05) is 5.69 Å². The number of rotatable bonds is 6. The second-order valence-corrected chi connectivity index (χ2v) is 5.59. The predicted octanol–water partition coefficient (Wildman–Crippen LogP) is 4.96. The molecule has 1 aromatic carbocycles. The van der Waals surface area contributed by atoms with Crippen LogP contribution in [0.15, 0.2) is 34.7 Å². The van der Waals surface area contributed by atoms with Crippen molar-refractivity contribution in [2.45, 2.75) is 31.9 Å². The molecule has 0 aliphatic rings. The van der Waals surface area contributed by atoms with Gasteiger partial charge in [0.05, 0.1) is 12.3 Å². The first kappa shape index (κ1) is 14.9. The van der Waals surface area contributed by atoms with Crippen LogP contribution in [-0.2, 0) is 12.3 Å². The lowest BCUT2D eigenvalue weighted by Gasteiger charge is -2.09. The Morgan fingerprint density at radius 1 is 1.15 bits per heavy atom. The van der Waals surface area contributed by atoms with E-state index in [2.05, 4.69) is 23.5 Å². The Bertz CT molecular complexity index is 569. The molecule has 0 spiro atoms. The van der Waals surface area contributed by atoms with Gasteiger partial charge in [-0.1, -0.05) is 23.9 Å². The van der Waals surface area contributed by atoms with E-state index in [0.29, 0.717) is 24.1 Å². The summed E-state index contributed by atoms with van der Waals surface area (Å²) >= 11 is 0.569. The van der Waals surface area contributed by atoms with Gasteiger partial charge in [-0.25, -0.2) is 0 Å². The summed E-state index contributed by atoms with van der Waals surface area (Å²) in [5.41, 5.74) is 3.41. The number of anilines is 1. The summed E-state index contributed by atoms with van der Waals surface area (Å²) < 4.78 is 29.7. The van der Waals surface area contributed by atoms with E-state index in [1.165, 1.54) is 5.56 Å². The lowest BCUT2D eigenvalue weighted by atomic mass is 10.1. The van der Waals surface area contributed by atoms with Crippen LogP contribution in [0.3, 0.4) is 0 Å².